The highest BCUT2D eigenvalue weighted by Gasteiger charge is 2.21. The Hall–Kier alpha value is -3.80. The van der Waals surface area contributed by atoms with Crippen molar-refractivity contribution in [3.05, 3.63) is 72.8 Å². The summed E-state index contributed by atoms with van der Waals surface area (Å²) in [6.45, 7) is 0. The Labute approximate surface area is 149 Å². The summed E-state index contributed by atoms with van der Waals surface area (Å²) in [5.74, 6) is -0.545. The lowest BCUT2D eigenvalue weighted by Gasteiger charge is -2.05. The number of nitrogens with two attached hydrogens (primary N) is 1. The van der Waals surface area contributed by atoms with Gasteiger partial charge in [-0.05, 0) is 35.0 Å². The third-order valence-corrected chi connectivity index (χ3v) is 4.14. The van der Waals surface area contributed by atoms with Crippen molar-refractivity contribution in [2.24, 2.45) is 10.2 Å². The van der Waals surface area contributed by atoms with Crippen molar-refractivity contribution in [2.75, 3.05) is 5.73 Å². The van der Waals surface area contributed by atoms with E-state index in [0.717, 1.165) is 10.8 Å². The summed E-state index contributed by atoms with van der Waals surface area (Å²) in [6, 6.07) is 22.5. The highest BCUT2D eigenvalue weighted by molar-refractivity contribution is 5.85. The molecule has 0 bridgehead atoms. The van der Waals surface area contributed by atoms with E-state index in [1.165, 1.54) is 4.57 Å². The van der Waals surface area contributed by atoms with Crippen molar-refractivity contribution >= 4 is 27.8 Å². The molecule has 0 atom stereocenters. The average molecular weight is 344 g/mol. The third-order valence-electron chi connectivity index (χ3n) is 4.14. The first-order valence-electron chi connectivity index (χ1n) is 8.03. The molecule has 0 radical (unpaired) electrons. The number of nitrogen functional groups attached to an aromatic ring is 1. The van der Waals surface area contributed by atoms with Crippen LogP contribution in [-0.4, -0.2) is 14.8 Å². The maximum Gasteiger partial charge on any atom is 0.229 e. The predicted molar refractivity (Wildman–Crippen MR) is 102 cm³/mol. The van der Waals surface area contributed by atoms with E-state index in [2.05, 4.69) is 10.2 Å². The van der Waals surface area contributed by atoms with E-state index in [1.807, 2.05) is 48.5 Å². The van der Waals surface area contributed by atoms with E-state index in [-0.39, 0.29) is 23.1 Å². The van der Waals surface area contributed by atoms with E-state index in [0.29, 0.717) is 11.4 Å². The minimum Gasteiger partial charge on any atom is -0.493 e. The Morgan fingerprint density at radius 2 is 1.42 bits per heavy atom. The highest BCUT2D eigenvalue weighted by Crippen LogP contribution is 2.45. The maximum atomic E-state index is 10.5. The average Bonchev–Trinajstić information content (AvgIpc) is 2.89. The van der Waals surface area contributed by atoms with Gasteiger partial charge in [0, 0.05) is 0 Å². The Morgan fingerprint density at radius 3 is 2.19 bits per heavy atom. The topological polar surface area (TPSA) is 96.1 Å². The fourth-order valence-corrected chi connectivity index (χ4v) is 2.82. The van der Waals surface area contributed by atoms with Gasteiger partial charge in [-0.25, -0.2) is 4.57 Å². The summed E-state index contributed by atoms with van der Waals surface area (Å²) in [7, 11) is 0. The quantitative estimate of drug-likeness (QED) is 0.454. The molecular weight excluding hydrogens is 328 g/mol. The van der Waals surface area contributed by atoms with Gasteiger partial charge in [0.25, 0.3) is 0 Å². The summed E-state index contributed by atoms with van der Waals surface area (Å²) in [5, 5.41) is 31.1. The number of azo groups is 1. The summed E-state index contributed by atoms with van der Waals surface area (Å²) in [6.07, 6.45) is 0. The van der Waals surface area contributed by atoms with Gasteiger partial charge >= 0.3 is 0 Å². The molecule has 0 unspecified atom stereocenters. The zero-order valence-electron chi connectivity index (χ0n) is 13.7. The van der Waals surface area contributed by atoms with Gasteiger partial charge in [0.15, 0.2) is 5.69 Å². The zero-order valence-corrected chi connectivity index (χ0v) is 13.7. The Morgan fingerprint density at radius 1 is 0.731 bits per heavy atom. The zero-order chi connectivity index (χ0) is 18.1. The first kappa shape index (κ1) is 15.7. The molecule has 1 aromatic heterocycles. The van der Waals surface area contributed by atoms with Gasteiger partial charge in [0.05, 0.1) is 11.4 Å². The normalized spacial score (nSPS) is 11.4. The number of anilines is 1. The minimum absolute atomic E-state index is 0.0273. The second-order valence-electron chi connectivity index (χ2n) is 5.81. The number of benzene rings is 3. The van der Waals surface area contributed by atoms with Crippen LogP contribution in [0.5, 0.6) is 11.8 Å². The lowest BCUT2D eigenvalue weighted by atomic mass is 10.1. The van der Waals surface area contributed by atoms with Crippen molar-refractivity contribution < 1.29 is 10.2 Å². The van der Waals surface area contributed by atoms with Crippen LogP contribution in [-0.2, 0) is 0 Å². The molecule has 0 saturated heterocycles. The smallest absolute Gasteiger partial charge is 0.229 e. The summed E-state index contributed by atoms with van der Waals surface area (Å²) in [4.78, 5) is 0. The molecule has 4 N–H and O–H groups in total. The van der Waals surface area contributed by atoms with Gasteiger partial charge in [0.2, 0.25) is 11.8 Å². The first-order chi connectivity index (χ1) is 12.6. The van der Waals surface area contributed by atoms with Crippen molar-refractivity contribution in [2.45, 2.75) is 0 Å². The molecule has 6 heteroatoms. The van der Waals surface area contributed by atoms with Crippen molar-refractivity contribution in [1.82, 2.24) is 4.57 Å². The van der Waals surface area contributed by atoms with Crippen molar-refractivity contribution in [1.29, 1.82) is 0 Å². The molecule has 0 spiro atoms. The molecule has 4 rings (SSSR count). The second-order valence-corrected chi connectivity index (χ2v) is 5.81. The number of aromatic hydroxyl groups is 2. The third kappa shape index (κ3) is 2.63. The van der Waals surface area contributed by atoms with Crippen LogP contribution >= 0.6 is 0 Å². The van der Waals surface area contributed by atoms with Crippen LogP contribution in [0.2, 0.25) is 0 Å². The standard InChI is InChI=1S/C20H16N4O2/c21-17-18(20(26)24(19(17)25)16-8-2-1-3-9-16)23-22-15-11-10-13-6-4-5-7-14(13)12-15/h1-12,25-26H,21H2. The maximum absolute atomic E-state index is 10.5. The molecule has 0 aliphatic rings. The Bertz CT molecular complexity index is 1120. The second kappa shape index (κ2) is 6.25. The van der Waals surface area contributed by atoms with Crippen LogP contribution < -0.4 is 5.73 Å². The fraction of sp³-hybridized carbons (Fsp3) is 0. The fourth-order valence-electron chi connectivity index (χ4n) is 2.82. The summed E-state index contributed by atoms with van der Waals surface area (Å²) < 4.78 is 1.23. The molecule has 128 valence electrons. The molecular formula is C20H16N4O2. The van der Waals surface area contributed by atoms with Crippen LogP contribution in [0.25, 0.3) is 16.5 Å². The molecule has 1 heterocycles. The van der Waals surface area contributed by atoms with E-state index in [4.69, 9.17) is 5.73 Å². The van der Waals surface area contributed by atoms with Crippen LogP contribution in [0.1, 0.15) is 0 Å². The summed E-state index contributed by atoms with van der Waals surface area (Å²) >= 11 is 0. The number of aromatic nitrogens is 1. The number of hydrogen-bond acceptors (Lipinski definition) is 5. The van der Waals surface area contributed by atoms with Crippen LogP contribution in [0.4, 0.5) is 17.1 Å². The number of fused-ring (bicyclic) bond motifs is 1. The monoisotopic (exact) mass is 344 g/mol. The number of nitrogens with zero attached hydrogens (tertiary/aromatic N) is 3. The molecule has 0 fully saturated rings. The minimum atomic E-state index is -0.277. The molecule has 3 aromatic carbocycles. The van der Waals surface area contributed by atoms with Crippen LogP contribution in [0, 0.1) is 0 Å². The Balaban J connectivity index is 1.75. The number of hydrogen-bond donors (Lipinski definition) is 3. The van der Waals surface area contributed by atoms with E-state index < -0.39 is 0 Å². The lowest BCUT2D eigenvalue weighted by Crippen LogP contribution is -1.92. The first-order valence-corrected chi connectivity index (χ1v) is 8.03. The molecule has 0 aliphatic heterocycles. The largest absolute Gasteiger partial charge is 0.493 e. The van der Waals surface area contributed by atoms with E-state index in [1.54, 1.807) is 24.3 Å². The molecule has 26 heavy (non-hydrogen) atoms. The SMILES string of the molecule is Nc1c(N=Nc2ccc3ccccc3c2)c(O)n(-c2ccccc2)c1O. The van der Waals surface area contributed by atoms with Crippen LogP contribution in [0.15, 0.2) is 83.0 Å². The van der Waals surface area contributed by atoms with E-state index in [9.17, 15) is 10.2 Å². The van der Waals surface area contributed by atoms with Gasteiger partial charge in [-0.15, -0.1) is 5.11 Å². The number of rotatable bonds is 3. The van der Waals surface area contributed by atoms with Crippen molar-refractivity contribution in [3.8, 4) is 17.4 Å². The summed E-state index contributed by atoms with van der Waals surface area (Å²) in [5.41, 5.74) is 7.10. The molecule has 0 amide bonds. The van der Waals surface area contributed by atoms with Gasteiger partial charge in [-0.2, -0.15) is 5.11 Å². The van der Waals surface area contributed by atoms with Gasteiger partial charge < -0.3 is 15.9 Å². The van der Waals surface area contributed by atoms with Gasteiger partial charge in [-0.3, -0.25) is 0 Å². The molecule has 0 saturated carbocycles. The van der Waals surface area contributed by atoms with E-state index >= 15 is 0 Å². The van der Waals surface area contributed by atoms with Crippen LogP contribution in [0.3, 0.4) is 0 Å². The Kier molecular flexibility index (Phi) is 3.78. The highest BCUT2D eigenvalue weighted by atomic mass is 16.3. The van der Waals surface area contributed by atoms with Gasteiger partial charge in [-0.1, -0.05) is 48.5 Å². The molecule has 4 aromatic rings. The molecule has 6 nitrogen and oxygen atoms in total. The van der Waals surface area contributed by atoms with Gasteiger partial charge in [0.1, 0.15) is 5.69 Å². The predicted octanol–water partition coefficient (Wildman–Crippen LogP) is 5.04. The molecule has 0 aliphatic carbocycles. The van der Waals surface area contributed by atoms with Crippen molar-refractivity contribution in [3.63, 3.8) is 0 Å². The number of para-hydroxylation sites is 1. The lowest BCUT2D eigenvalue weighted by molar-refractivity contribution is 0.404.